The summed E-state index contributed by atoms with van der Waals surface area (Å²) in [5.74, 6) is 0.750. The molecule has 1 amide bonds. The molecule has 0 unspecified atom stereocenters. The van der Waals surface area contributed by atoms with Gasteiger partial charge in [-0.3, -0.25) is 4.79 Å². The molecule has 18 heavy (non-hydrogen) atoms. The Morgan fingerprint density at radius 3 is 2.67 bits per heavy atom. The van der Waals surface area contributed by atoms with Crippen molar-refractivity contribution in [2.24, 2.45) is 5.92 Å². The highest BCUT2D eigenvalue weighted by atomic mass is 79.9. The van der Waals surface area contributed by atoms with Gasteiger partial charge in [0.15, 0.2) is 0 Å². The molecule has 0 aromatic heterocycles. The Labute approximate surface area is 122 Å². The number of halogens is 2. The standard InChI is InChI=1S/C13H17BrN2O.ClH/c1-2-16(8-9-3-4-9)13(17)11-6-5-10(14)7-12(11)15;/h5-7,9H,2-4,8,15H2,1H3;1H. The minimum absolute atomic E-state index is 0. The maximum atomic E-state index is 12.3. The number of benzene rings is 1. The van der Waals surface area contributed by atoms with Crippen LogP contribution in [0.15, 0.2) is 22.7 Å². The fourth-order valence-corrected chi connectivity index (χ4v) is 2.25. The molecule has 0 atom stereocenters. The average Bonchev–Trinajstić information content (AvgIpc) is 3.09. The normalized spacial score (nSPS) is 13.9. The van der Waals surface area contributed by atoms with Crippen LogP contribution in [0.2, 0.25) is 0 Å². The third-order valence-corrected chi connectivity index (χ3v) is 3.58. The van der Waals surface area contributed by atoms with E-state index in [2.05, 4.69) is 15.9 Å². The number of nitrogen functional groups attached to an aromatic ring is 1. The first-order valence-electron chi connectivity index (χ1n) is 5.96. The summed E-state index contributed by atoms with van der Waals surface area (Å²) < 4.78 is 0.900. The van der Waals surface area contributed by atoms with Gasteiger partial charge in [0, 0.05) is 23.2 Å². The van der Waals surface area contributed by atoms with Crippen molar-refractivity contribution in [2.45, 2.75) is 19.8 Å². The molecule has 1 aromatic carbocycles. The van der Waals surface area contributed by atoms with Crippen LogP contribution in [-0.4, -0.2) is 23.9 Å². The predicted octanol–water partition coefficient (Wildman–Crippen LogP) is 3.33. The first-order valence-corrected chi connectivity index (χ1v) is 6.75. The Bertz CT molecular complexity index is 435. The number of amides is 1. The lowest BCUT2D eigenvalue weighted by Crippen LogP contribution is -2.33. The third kappa shape index (κ3) is 3.62. The molecule has 2 rings (SSSR count). The molecule has 0 spiro atoms. The van der Waals surface area contributed by atoms with Gasteiger partial charge in [0.1, 0.15) is 0 Å². The van der Waals surface area contributed by atoms with Crippen molar-refractivity contribution in [1.82, 2.24) is 4.90 Å². The minimum atomic E-state index is 0. The number of anilines is 1. The number of rotatable bonds is 4. The highest BCUT2D eigenvalue weighted by Crippen LogP contribution is 2.30. The lowest BCUT2D eigenvalue weighted by molar-refractivity contribution is 0.0758. The summed E-state index contributed by atoms with van der Waals surface area (Å²) in [5, 5.41) is 0. The van der Waals surface area contributed by atoms with Gasteiger partial charge in [0.2, 0.25) is 0 Å². The molecule has 1 aliphatic rings. The van der Waals surface area contributed by atoms with E-state index in [1.54, 1.807) is 12.1 Å². The van der Waals surface area contributed by atoms with E-state index in [1.807, 2.05) is 17.9 Å². The highest BCUT2D eigenvalue weighted by Gasteiger charge is 2.27. The molecule has 0 radical (unpaired) electrons. The van der Waals surface area contributed by atoms with Crippen molar-refractivity contribution in [3.8, 4) is 0 Å². The van der Waals surface area contributed by atoms with Gasteiger partial charge in [-0.15, -0.1) is 12.4 Å². The first-order chi connectivity index (χ1) is 8.11. The zero-order valence-electron chi connectivity index (χ0n) is 10.4. The summed E-state index contributed by atoms with van der Waals surface area (Å²) >= 11 is 3.34. The van der Waals surface area contributed by atoms with Gasteiger partial charge < -0.3 is 10.6 Å². The predicted molar refractivity (Wildman–Crippen MR) is 80.1 cm³/mol. The molecule has 3 nitrogen and oxygen atoms in total. The van der Waals surface area contributed by atoms with Crippen molar-refractivity contribution >= 4 is 39.9 Å². The van der Waals surface area contributed by atoms with Gasteiger partial charge in [0.25, 0.3) is 5.91 Å². The van der Waals surface area contributed by atoms with Gasteiger partial charge in [0.05, 0.1) is 5.56 Å². The number of nitrogens with two attached hydrogens (primary N) is 1. The Morgan fingerprint density at radius 2 is 2.17 bits per heavy atom. The number of hydrogen-bond acceptors (Lipinski definition) is 2. The van der Waals surface area contributed by atoms with E-state index in [4.69, 9.17) is 5.73 Å². The monoisotopic (exact) mass is 332 g/mol. The van der Waals surface area contributed by atoms with Crippen LogP contribution in [0.25, 0.3) is 0 Å². The number of carbonyl (C=O) groups excluding carboxylic acids is 1. The largest absolute Gasteiger partial charge is 0.398 e. The second-order valence-corrected chi connectivity index (χ2v) is 5.43. The smallest absolute Gasteiger partial charge is 0.255 e. The van der Waals surface area contributed by atoms with Gasteiger partial charge in [-0.1, -0.05) is 15.9 Å². The number of hydrogen-bond donors (Lipinski definition) is 1. The van der Waals surface area contributed by atoms with Crippen LogP contribution in [0.4, 0.5) is 5.69 Å². The van der Waals surface area contributed by atoms with E-state index in [9.17, 15) is 4.79 Å². The fourth-order valence-electron chi connectivity index (χ4n) is 1.87. The summed E-state index contributed by atoms with van der Waals surface area (Å²) in [7, 11) is 0. The van der Waals surface area contributed by atoms with Crippen LogP contribution < -0.4 is 5.73 Å². The van der Waals surface area contributed by atoms with Crippen molar-refractivity contribution in [3.05, 3.63) is 28.2 Å². The van der Waals surface area contributed by atoms with Crippen LogP contribution in [0, 0.1) is 5.92 Å². The van der Waals surface area contributed by atoms with E-state index < -0.39 is 0 Å². The summed E-state index contributed by atoms with van der Waals surface area (Å²) in [6, 6.07) is 5.42. The van der Waals surface area contributed by atoms with Gasteiger partial charge in [-0.25, -0.2) is 0 Å². The summed E-state index contributed by atoms with van der Waals surface area (Å²) in [6.07, 6.45) is 2.50. The van der Waals surface area contributed by atoms with E-state index in [-0.39, 0.29) is 18.3 Å². The average molecular weight is 334 g/mol. The summed E-state index contributed by atoms with van der Waals surface area (Å²) in [4.78, 5) is 14.2. The lowest BCUT2D eigenvalue weighted by atomic mass is 10.1. The maximum Gasteiger partial charge on any atom is 0.255 e. The minimum Gasteiger partial charge on any atom is -0.398 e. The first kappa shape index (κ1) is 15.3. The fraction of sp³-hybridized carbons (Fsp3) is 0.462. The zero-order valence-corrected chi connectivity index (χ0v) is 12.8. The van der Waals surface area contributed by atoms with E-state index >= 15 is 0 Å². The van der Waals surface area contributed by atoms with Crippen LogP contribution in [0.3, 0.4) is 0 Å². The molecule has 5 heteroatoms. The number of nitrogens with zero attached hydrogens (tertiary/aromatic N) is 1. The maximum absolute atomic E-state index is 12.3. The van der Waals surface area contributed by atoms with Crippen molar-refractivity contribution < 1.29 is 4.79 Å². The Kier molecular flexibility index (Phi) is 5.47. The Hall–Kier alpha value is -0.740. The molecule has 1 saturated carbocycles. The highest BCUT2D eigenvalue weighted by molar-refractivity contribution is 9.10. The molecule has 0 aliphatic heterocycles. The second-order valence-electron chi connectivity index (χ2n) is 4.52. The van der Waals surface area contributed by atoms with Gasteiger partial charge in [-0.2, -0.15) is 0 Å². The van der Waals surface area contributed by atoms with Crippen LogP contribution in [0.1, 0.15) is 30.1 Å². The van der Waals surface area contributed by atoms with Crippen LogP contribution in [0.5, 0.6) is 0 Å². The molecule has 1 aromatic rings. The quantitative estimate of drug-likeness (QED) is 0.859. The van der Waals surface area contributed by atoms with Crippen molar-refractivity contribution in [2.75, 3.05) is 18.8 Å². The lowest BCUT2D eigenvalue weighted by Gasteiger charge is -2.21. The Balaban J connectivity index is 0.00000162. The molecule has 2 N–H and O–H groups in total. The SMILES string of the molecule is CCN(CC1CC1)C(=O)c1ccc(Br)cc1N.Cl. The second kappa shape index (κ2) is 6.43. The molecular weight excluding hydrogens is 316 g/mol. The zero-order chi connectivity index (χ0) is 12.4. The third-order valence-electron chi connectivity index (χ3n) is 3.09. The van der Waals surface area contributed by atoms with Crippen molar-refractivity contribution in [3.63, 3.8) is 0 Å². The van der Waals surface area contributed by atoms with Crippen LogP contribution >= 0.6 is 28.3 Å². The molecule has 1 aliphatic carbocycles. The topological polar surface area (TPSA) is 46.3 Å². The van der Waals surface area contributed by atoms with E-state index in [0.29, 0.717) is 17.2 Å². The Morgan fingerprint density at radius 1 is 1.50 bits per heavy atom. The molecular formula is C13H18BrClN2O. The summed E-state index contributed by atoms with van der Waals surface area (Å²) in [5.41, 5.74) is 7.03. The number of carbonyl (C=O) groups is 1. The molecule has 0 saturated heterocycles. The van der Waals surface area contributed by atoms with E-state index in [1.165, 1.54) is 12.8 Å². The van der Waals surface area contributed by atoms with Crippen LogP contribution in [-0.2, 0) is 0 Å². The molecule has 0 heterocycles. The summed E-state index contributed by atoms with van der Waals surface area (Å²) in [6.45, 7) is 3.62. The molecule has 0 bridgehead atoms. The van der Waals surface area contributed by atoms with Gasteiger partial charge >= 0.3 is 0 Å². The molecule has 100 valence electrons. The van der Waals surface area contributed by atoms with Crippen molar-refractivity contribution in [1.29, 1.82) is 0 Å². The molecule has 1 fully saturated rings. The van der Waals surface area contributed by atoms with E-state index in [0.717, 1.165) is 17.6 Å². The van der Waals surface area contributed by atoms with Gasteiger partial charge in [-0.05, 0) is 43.9 Å².